The highest BCUT2D eigenvalue weighted by Gasteiger charge is 2.42. The van der Waals surface area contributed by atoms with Crippen molar-refractivity contribution in [3.63, 3.8) is 0 Å². The fourth-order valence-electron chi connectivity index (χ4n) is 2.42. The molecular weight excluding hydrogens is 307 g/mol. The van der Waals surface area contributed by atoms with Gasteiger partial charge in [-0.3, -0.25) is 4.99 Å². The molecule has 23 heavy (non-hydrogen) atoms. The fraction of sp³-hybridized carbons (Fsp3) is 0.562. The summed E-state index contributed by atoms with van der Waals surface area (Å²) in [6.07, 6.45) is -2.98. The number of guanidine groups is 1. The third kappa shape index (κ3) is 5.33. The molecule has 7 heteroatoms. The van der Waals surface area contributed by atoms with Crippen LogP contribution in [0.3, 0.4) is 0 Å². The molecular formula is C16H22F3N3O. The van der Waals surface area contributed by atoms with E-state index in [1.807, 2.05) is 13.8 Å². The maximum absolute atomic E-state index is 12.5. The van der Waals surface area contributed by atoms with E-state index in [0.29, 0.717) is 18.1 Å². The lowest BCUT2D eigenvalue weighted by Gasteiger charge is -2.14. The van der Waals surface area contributed by atoms with Crippen LogP contribution >= 0.6 is 0 Å². The number of aliphatic imine (C=N–C) groups is 1. The normalized spacial score (nSPS) is 21.0. The summed E-state index contributed by atoms with van der Waals surface area (Å²) >= 11 is 0. The van der Waals surface area contributed by atoms with Gasteiger partial charge < -0.3 is 15.4 Å². The van der Waals surface area contributed by atoms with Gasteiger partial charge in [-0.25, -0.2) is 0 Å². The van der Waals surface area contributed by atoms with E-state index in [4.69, 9.17) is 0 Å². The summed E-state index contributed by atoms with van der Waals surface area (Å²) in [6, 6.07) is 6.38. The zero-order chi connectivity index (χ0) is 16.9. The topological polar surface area (TPSA) is 45.7 Å². The van der Waals surface area contributed by atoms with Gasteiger partial charge in [0.25, 0.3) is 0 Å². The van der Waals surface area contributed by atoms with Crippen LogP contribution in [0.25, 0.3) is 0 Å². The molecule has 0 spiro atoms. The van der Waals surface area contributed by atoms with Crippen LogP contribution in [0.2, 0.25) is 0 Å². The number of ether oxygens (including phenoxy) is 1. The van der Waals surface area contributed by atoms with Crippen LogP contribution in [0.1, 0.15) is 38.2 Å². The second-order valence-electron chi connectivity index (χ2n) is 5.44. The van der Waals surface area contributed by atoms with Crippen molar-refractivity contribution < 1.29 is 17.9 Å². The lowest BCUT2D eigenvalue weighted by atomic mass is 10.1. The number of halogens is 3. The summed E-state index contributed by atoms with van der Waals surface area (Å²) in [5.41, 5.74) is 0.577. The number of alkyl halides is 3. The average Bonchev–Trinajstić information content (AvgIpc) is 3.23. The van der Waals surface area contributed by atoms with Crippen molar-refractivity contribution in [1.82, 2.24) is 10.6 Å². The van der Waals surface area contributed by atoms with E-state index in [1.54, 1.807) is 18.2 Å². The zero-order valence-electron chi connectivity index (χ0n) is 13.3. The summed E-state index contributed by atoms with van der Waals surface area (Å²) in [5, 5.41) is 6.41. The van der Waals surface area contributed by atoms with Gasteiger partial charge in [0.15, 0.2) is 5.96 Å². The van der Waals surface area contributed by atoms with Crippen molar-refractivity contribution in [2.45, 2.75) is 45.0 Å². The SMILES string of the molecule is CCCN=C(NCC)NC1CC1c1ccccc1OC(F)(F)F. The van der Waals surface area contributed by atoms with Crippen molar-refractivity contribution >= 4 is 5.96 Å². The molecule has 2 unspecified atom stereocenters. The minimum atomic E-state index is -4.68. The minimum absolute atomic E-state index is 0.000896. The second kappa shape index (κ2) is 7.57. The van der Waals surface area contributed by atoms with Crippen LogP contribution < -0.4 is 15.4 Å². The van der Waals surface area contributed by atoms with Crippen molar-refractivity contribution in [3.05, 3.63) is 29.8 Å². The molecule has 128 valence electrons. The smallest absolute Gasteiger partial charge is 0.405 e. The first kappa shape index (κ1) is 17.4. The van der Waals surface area contributed by atoms with Crippen molar-refractivity contribution in [2.24, 2.45) is 4.99 Å². The quantitative estimate of drug-likeness (QED) is 0.621. The number of hydrogen-bond donors (Lipinski definition) is 2. The largest absolute Gasteiger partial charge is 0.573 e. The molecule has 0 amide bonds. The predicted octanol–water partition coefficient (Wildman–Crippen LogP) is 3.41. The molecule has 0 aromatic heterocycles. The highest BCUT2D eigenvalue weighted by Crippen LogP contribution is 2.45. The molecule has 0 aliphatic heterocycles. The second-order valence-corrected chi connectivity index (χ2v) is 5.44. The van der Waals surface area contributed by atoms with Gasteiger partial charge in [0.05, 0.1) is 0 Å². The molecule has 2 rings (SSSR count). The van der Waals surface area contributed by atoms with Crippen molar-refractivity contribution in [2.75, 3.05) is 13.1 Å². The molecule has 0 radical (unpaired) electrons. The Morgan fingerprint density at radius 1 is 1.30 bits per heavy atom. The Morgan fingerprint density at radius 2 is 2.04 bits per heavy atom. The zero-order valence-corrected chi connectivity index (χ0v) is 13.3. The summed E-state index contributed by atoms with van der Waals surface area (Å²) in [4.78, 5) is 4.41. The number of nitrogens with one attached hydrogen (secondary N) is 2. The Balaban J connectivity index is 2.03. The molecule has 1 aliphatic rings. The fourth-order valence-corrected chi connectivity index (χ4v) is 2.42. The van der Waals surface area contributed by atoms with Crippen LogP contribution in [0.5, 0.6) is 5.75 Å². The molecule has 0 bridgehead atoms. The van der Waals surface area contributed by atoms with E-state index in [0.717, 1.165) is 19.4 Å². The maximum atomic E-state index is 12.5. The highest BCUT2D eigenvalue weighted by atomic mass is 19.4. The van der Waals surface area contributed by atoms with Gasteiger partial charge in [0.2, 0.25) is 0 Å². The Kier molecular flexibility index (Phi) is 5.74. The van der Waals surface area contributed by atoms with Gasteiger partial charge in [0.1, 0.15) is 5.75 Å². The first-order valence-corrected chi connectivity index (χ1v) is 7.84. The lowest BCUT2D eigenvalue weighted by molar-refractivity contribution is -0.274. The van der Waals surface area contributed by atoms with Crippen LogP contribution in [0.15, 0.2) is 29.3 Å². The summed E-state index contributed by atoms with van der Waals surface area (Å²) < 4.78 is 41.6. The third-order valence-corrected chi connectivity index (χ3v) is 3.49. The Bertz CT molecular complexity index is 546. The first-order chi connectivity index (χ1) is 10.9. The van der Waals surface area contributed by atoms with Crippen molar-refractivity contribution in [1.29, 1.82) is 0 Å². The summed E-state index contributed by atoms with van der Waals surface area (Å²) in [6.45, 7) is 5.46. The van der Waals surface area contributed by atoms with Crippen LogP contribution in [-0.2, 0) is 0 Å². The van der Waals surface area contributed by atoms with E-state index < -0.39 is 6.36 Å². The van der Waals surface area contributed by atoms with Crippen LogP contribution in [0.4, 0.5) is 13.2 Å². The first-order valence-electron chi connectivity index (χ1n) is 7.84. The molecule has 1 saturated carbocycles. The molecule has 2 N–H and O–H groups in total. The number of benzene rings is 1. The van der Waals surface area contributed by atoms with E-state index in [-0.39, 0.29) is 17.7 Å². The average molecular weight is 329 g/mol. The number of para-hydroxylation sites is 1. The van der Waals surface area contributed by atoms with Gasteiger partial charge in [-0.15, -0.1) is 13.2 Å². The summed E-state index contributed by atoms with van der Waals surface area (Å²) in [7, 11) is 0. The summed E-state index contributed by atoms with van der Waals surface area (Å²) in [5.74, 6) is 0.583. The van der Waals surface area contributed by atoms with Gasteiger partial charge in [-0.05, 0) is 31.4 Å². The minimum Gasteiger partial charge on any atom is -0.405 e. The molecule has 1 aliphatic carbocycles. The van der Waals surface area contributed by atoms with E-state index in [9.17, 15) is 13.2 Å². The highest BCUT2D eigenvalue weighted by molar-refractivity contribution is 5.80. The molecule has 2 atom stereocenters. The number of hydrogen-bond acceptors (Lipinski definition) is 2. The molecule has 1 fully saturated rings. The van der Waals surface area contributed by atoms with Gasteiger partial charge in [-0.2, -0.15) is 0 Å². The molecule has 1 aromatic carbocycles. The van der Waals surface area contributed by atoms with Crippen LogP contribution in [0, 0.1) is 0 Å². The standard InChI is InChI=1S/C16H22F3N3O/c1-3-9-21-15(20-4-2)22-13-10-12(13)11-7-5-6-8-14(11)23-16(17,18)19/h5-8,12-13H,3-4,9-10H2,1-2H3,(H2,20,21,22). The van der Waals surface area contributed by atoms with Crippen LogP contribution in [-0.4, -0.2) is 31.5 Å². The number of nitrogens with zero attached hydrogens (tertiary/aromatic N) is 1. The van der Waals surface area contributed by atoms with E-state index >= 15 is 0 Å². The molecule has 4 nitrogen and oxygen atoms in total. The molecule has 0 heterocycles. The maximum Gasteiger partial charge on any atom is 0.573 e. The van der Waals surface area contributed by atoms with Gasteiger partial charge in [-0.1, -0.05) is 25.1 Å². The van der Waals surface area contributed by atoms with Crippen molar-refractivity contribution in [3.8, 4) is 5.75 Å². The Morgan fingerprint density at radius 3 is 2.70 bits per heavy atom. The van der Waals surface area contributed by atoms with E-state index in [2.05, 4.69) is 20.4 Å². The third-order valence-electron chi connectivity index (χ3n) is 3.49. The predicted molar refractivity (Wildman–Crippen MR) is 83.7 cm³/mol. The van der Waals surface area contributed by atoms with E-state index in [1.165, 1.54) is 6.07 Å². The molecule has 0 saturated heterocycles. The van der Waals surface area contributed by atoms with Gasteiger partial charge >= 0.3 is 6.36 Å². The lowest BCUT2D eigenvalue weighted by Crippen LogP contribution is -2.39. The monoisotopic (exact) mass is 329 g/mol. The molecule has 1 aromatic rings. The van der Waals surface area contributed by atoms with Gasteiger partial charge in [0, 0.05) is 25.0 Å². The Hall–Kier alpha value is -1.92. The number of rotatable bonds is 6. The Labute approximate surface area is 134 Å².